The van der Waals surface area contributed by atoms with Gasteiger partial charge >= 0.3 is 0 Å². The molecule has 1 aromatic carbocycles. The second-order valence-electron chi connectivity index (χ2n) is 5.01. The molecule has 2 aliphatic rings. The van der Waals surface area contributed by atoms with Gasteiger partial charge in [-0.1, -0.05) is 24.3 Å². The summed E-state index contributed by atoms with van der Waals surface area (Å²) in [5.74, 6) is 0.836. The average Bonchev–Trinajstić information content (AvgIpc) is 2.67. The number of nitrogens with one attached hydrogen (secondary N) is 1. The Morgan fingerprint density at radius 1 is 1.41 bits per heavy atom. The van der Waals surface area contributed by atoms with Gasteiger partial charge in [-0.15, -0.1) is 0 Å². The standard InChI is InChI=1S/C14H18N2O/c1-15-13-6-7-16(14(13)17)9-11-8-10-4-2-3-5-12(10)11/h2-5,11,13,15H,6-9H2,1H3. The van der Waals surface area contributed by atoms with Gasteiger partial charge in [0.25, 0.3) is 0 Å². The van der Waals surface area contributed by atoms with Gasteiger partial charge in [-0.2, -0.15) is 0 Å². The van der Waals surface area contributed by atoms with Crippen LogP contribution in [0.4, 0.5) is 0 Å². The van der Waals surface area contributed by atoms with E-state index in [-0.39, 0.29) is 11.9 Å². The fourth-order valence-corrected chi connectivity index (χ4v) is 2.98. The van der Waals surface area contributed by atoms with Crippen molar-refractivity contribution in [2.75, 3.05) is 20.1 Å². The third-order valence-corrected chi connectivity index (χ3v) is 4.05. The number of hydrogen-bond donors (Lipinski definition) is 1. The number of carbonyl (C=O) groups is 1. The minimum atomic E-state index is 0.0466. The quantitative estimate of drug-likeness (QED) is 0.844. The van der Waals surface area contributed by atoms with Gasteiger partial charge in [0.05, 0.1) is 6.04 Å². The van der Waals surface area contributed by atoms with Gasteiger partial charge in [-0.25, -0.2) is 0 Å². The maximum Gasteiger partial charge on any atom is 0.239 e. The first-order valence-corrected chi connectivity index (χ1v) is 6.33. The summed E-state index contributed by atoms with van der Waals surface area (Å²) in [6.45, 7) is 1.80. The average molecular weight is 230 g/mol. The molecule has 0 radical (unpaired) electrons. The maximum atomic E-state index is 12.0. The van der Waals surface area contributed by atoms with Crippen LogP contribution in [-0.2, 0) is 11.2 Å². The summed E-state index contributed by atoms with van der Waals surface area (Å²) >= 11 is 0. The van der Waals surface area contributed by atoms with Crippen molar-refractivity contribution < 1.29 is 4.79 Å². The zero-order valence-electron chi connectivity index (χ0n) is 10.1. The molecule has 0 spiro atoms. The molecule has 1 amide bonds. The fraction of sp³-hybridized carbons (Fsp3) is 0.500. The Kier molecular flexibility index (Phi) is 2.63. The molecule has 3 nitrogen and oxygen atoms in total. The Morgan fingerprint density at radius 3 is 2.94 bits per heavy atom. The number of likely N-dealkylation sites (tertiary alicyclic amines) is 1. The predicted octanol–water partition coefficient (Wildman–Crippen LogP) is 1.15. The smallest absolute Gasteiger partial charge is 0.239 e. The summed E-state index contributed by atoms with van der Waals surface area (Å²) < 4.78 is 0. The van der Waals surface area contributed by atoms with Crippen LogP contribution in [0.3, 0.4) is 0 Å². The molecular weight excluding hydrogens is 212 g/mol. The predicted molar refractivity (Wildman–Crippen MR) is 66.9 cm³/mol. The molecule has 0 aromatic heterocycles. The van der Waals surface area contributed by atoms with Crippen molar-refractivity contribution in [2.24, 2.45) is 0 Å². The first kappa shape index (κ1) is 10.8. The van der Waals surface area contributed by atoms with Crippen LogP contribution in [0.5, 0.6) is 0 Å². The molecule has 2 unspecified atom stereocenters. The summed E-state index contributed by atoms with van der Waals surface area (Å²) in [5.41, 5.74) is 2.89. The number of rotatable bonds is 3. The first-order valence-electron chi connectivity index (χ1n) is 6.33. The number of amides is 1. The number of hydrogen-bond acceptors (Lipinski definition) is 2. The summed E-state index contributed by atoms with van der Waals surface area (Å²) in [4.78, 5) is 14.0. The molecule has 1 aliphatic carbocycles. The van der Waals surface area contributed by atoms with Gasteiger partial charge in [0.15, 0.2) is 0 Å². The minimum absolute atomic E-state index is 0.0466. The zero-order chi connectivity index (χ0) is 11.8. The van der Waals surface area contributed by atoms with E-state index in [1.54, 1.807) is 0 Å². The molecule has 1 N–H and O–H groups in total. The van der Waals surface area contributed by atoms with Crippen LogP contribution < -0.4 is 5.32 Å². The van der Waals surface area contributed by atoms with Crippen molar-refractivity contribution >= 4 is 5.91 Å². The summed E-state index contributed by atoms with van der Waals surface area (Å²) in [6.07, 6.45) is 2.08. The van der Waals surface area contributed by atoms with E-state index in [0.29, 0.717) is 5.92 Å². The fourth-order valence-electron chi connectivity index (χ4n) is 2.98. The molecular formula is C14H18N2O. The second kappa shape index (κ2) is 4.15. The maximum absolute atomic E-state index is 12.0. The second-order valence-corrected chi connectivity index (χ2v) is 5.01. The van der Waals surface area contributed by atoms with Crippen LogP contribution >= 0.6 is 0 Å². The first-order chi connectivity index (χ1) is 8.29. The van der Waals surface area contributed by atoms with E-state index >= 15 is 0 Å². The van der Waals surface area contributed by atoms with Gasteiger partial charge in [0.2, 0.25) is 5.91 Å². The highest BCUT2D eigenvalue weighted by Crippen LogP contribution is 2.35. The zero-order valence-corrected chi connectivity index (χ0v) is 10.1. The van der Waals surface area contributed by atoms with E-state index < -0.39 is 0 Å². The molecule has 0 bridgehead atoms. The van der Waals surface area contributed by atoms with Crippen LogP contribution in [0.2, 0.25) is 0 Å². The number of fused-ring (bicyclic) bond motifs is 1. The van der Waals surface area contributed by atoms with Crippen LogP contribution in [0.1, 0.15) is 23.5 Å². The van der Waals surface area contributed by atoms with Gasteiger partial charge in [0.1, 0.15) is 0 Å². The molecule has 2 atom stereocenters. The monoisotopic (exact) mass is 230 g/mol. The largest absolute Gasteiger partial charge is 0.341 e. The summed E-state index contributed by atoms with van der Waals surface area (Å²) in [7, 11) is 1.87. The van der Waals surface area contributed by atoms with E-state index in [0.717, 1.165) is 25.9 Å². The molecule has 1 heterocycles. The molecule has 17 heavy (non-hydrogen) atoms. The van der Waals surface area contributed by atoms with Crippen LogP contribution in [0.25, 0.3) is 0 Å². The van der Waals surface area contributed by atoms with Crippen molar-refractivity contribution in [1.82, 2.24) is 10.2 Å². The van der Waals surface area contributed by atoms with Crippen molar-refractivity contribution in [3.05, 3.63) is 35.4 Å². The topological polar surface area (TPSA) is 32.3 Å². The highest BCUT2D eigenvalue weighted by molar-refractivity contribution is 5.84. The normalized spacial score (nSPS) is 26.9. The Labute approximate surface area is 102 Å². The highest BCUT2D eigenvalue weighted by Gasteiger charge is 2.34. The van der Waals surface area contributed by atoms with E-state index in [1.165, 1.54) is 11.1 Å². The summed E-state index contributed by atoms with van der Waals surface area (Å²) in [5, 5.41) is 3.08. The van der Waals surface area contributed by atoms with Gasteiger partial charge in [0, 0.05) is 19.0 Å². The lowest BCUT2D eigenvalue weighted by Crippen LogP contribution is -2.39. The lowest BCUT2D eigenvalue weighted by molar-refractivity contribution is -0.129. The van der Waals surface area contributed by atoms with Gasteiger partial charge in [-0.3, -0.25) is 4.79 Å². The van der Waals surface area contributed by atoms with Crippen LogP contribution in [-0.4, -0.2) is 37.0 Å². The third kappa shape index (κ3) is 1.75. The molecule has 1 aromatic rings. The number of benzene rings is 1. The number of likely N-dealkylation sites (N-methyl/N-ethyl adjacent to an activating group) is 1. The van der Waals surface area contributed by atoms with Crippen molar-refractivity contribution in [1.29, 1.82) is 0 Å². The number of carbonyl (C=O) groups excluding carboxylic acids is 1. The number of nitrogens with zero attached hydrogens (tertiary/aromatic N) is 1. The highest BCUT2D eigenvalue weighted by atomic mass is 16.2. The minimum Gasteiger partial charge on any atom is -0.341 e. The van der Waals surface area contributed by atoms with Crippen molar-refractivity contribution in [3.63, 3.8) is 0 Å². The Hall–Kier alpha value is -1.35. The van der Waals surface area contributed by atoms with Crippen LogP contribution in [0.15, 0.2) is 24.3 Å². The Bertz CT molecular complexity index is 444. The molecule has 3 heteroatoms. The molecule has 0 saturated carbocycles. The van der Waals surface area contributed by atoms with Gasteiger partial charge in [-0.05, 0) is 31.0 Å². The van der Waals surface area contributed by atoms with E-state index in [9.17, 15) is 4.79 Å². The van der Waals surface area contributed by atoms with Crippen molar-refractivity contribution in [2.45, 2.75) is 24.8 Å². The molecule has 1 aliphatic heterocycles. The van der Waals surface area contributed by atoms with Gasteiger partial charge < -0.3 is 10.2 Å². The Balaban J connectivity index is 1.65. The molecule has 1 saturated heterocycles. The van der Waals surface area contributed by atoms with E-state index in [1.807, 2.05) is 11.9 Å². The lowest BCUT2D eigenvalue weighted by Gasteiger charge is -2.33. The summed E-state index contributed by atoms with van der Waals surface area (Å²) in [6, 6.07) is 8.61. The Morgan fingerprint density at radius 2 is 2.24 bits per heavy atom. The van der Waals surface area contributed by atoms with Crippen LogP contribution in [0, 0.1) is 0 Å². The molecule has 1 fully saturated rings. The SMILES string of the molecule is CNC1CCN(CC2Cc3ccccc32)C1=O. The van der Waals surface area contributed by atoms with E-state index in [2.05, 4.69) is 29.6 Å². The lowest BCUT2D eigenvalue weighted by atomic mass is 9.77. The molecule has 3 rings (SSSR count). The van der Waals surface area contributed by atoms with Crippen molar-refractivity contribution in [3.8, 4) is 0 Å². The van der Waals surface area contributed by atoms with E-state index in [4.69, 9.17) is 0 Å². The third-order valence-electron chi connectivity index (χ3n) is 4.05. The molecule has 90 valence electrons.